The molecule has 0 spiro atoms. The molecule has 0 unspecified atom stereocenters. The normalized spacial score (nSPS) is 10.3. The van der Waals surface area contributed by atoms with Crippen LogP contribution in [0.25, 0.3) is 11.3 Å². The average molecular weight is 266 g/mol. The van der Waals surface area contributed by atoms with E-state index in [1.54, 1.807) is 30.5 Å². The fourth-order valence-corrected chi connectivity index (χ4v) is 2.19. The smallest absolute Gasteiger partial charge is 0.152 e. The van der Waals surface area contributed by atoms with E-state index in [0.717, 1.165) is 11.8 Å². The van der Waals surface area contributed by atoms with Crippen LogP contribution >= 0.6 is 23.2 Å². The molecular formula is C13H9Cl2NO. The van der Waals surface area contributed by atoms with Crippen LogP contribution in [0.15, 0.2) is 30.5 Å². The van der Waals surface area contributed by atoms with Crippen molar-refractivity contribution in [3.8, 4) is 11.3 Å². The number of hydrogen-bond acceptors (Lipinski definition) is 2. The molecule has 4 heteroatoms. The summed E-state index contributed by atoms with van der Waals surface area (Å²) in [7, 11) is 0. The molecule has 0 aliphatic rings. The zero-order valence-electron chi connectivity index (χ0n) is 9.08. The van der Waals surface area contributed by atoms with Gasteiger partial charge in [-0.05, 0) is 30.7 Å². The minimum absolute atomic E-state index is 0.483. The van der Waals surface area contributed by atoms with Gasteiger partial charge in [-0.2, -0.15) is 0 Å². The number of nitrogens with zero attached hydrogens (tertiary/aromatic N) is 1. The van der Waals surface area contributed by atoms with Crippen LogP contribution in [0.1, 0.15) is 15.9 Å². The molecule has 0 radical (unpaired) electrons. The quantitative estimate of drug-likeness (QED) is 0.763. The zero-order chi connectivity index (χ0) is 12.4. The molecule has 2 aromatic rings. The number of hydrogen-bond donors (Lipinski definition) is 0. The third-order valence-electron chi connectivity index (χ3n) is 2.38. The Labute approximate surface area is 109 Å². The number of aldehydes is 1. The van der Waals surface area contributed by atoms with Crippen LogP contribution in [-0.4, -0.2) is 11.3 Å². The molecule has 0 saturated carbocycles. The average Bonchev–Trinajstić information content (AvgIpc) is 2.30. The van der Waals surface area contributed by atoms with Crippen molar-refractivity contribution in [2.75, 3.05) is 0 Å². The third-order valence-corrected chi connectivity index (χ3v) is 3.01. The summed E-state index contributed by atoms with van der Waals surface area (Å²) in [5, 5.41) is 0.967. The number of carbonyl (C=O) groups excluding carboxylic acids is 1. The fraction of sp³-hybridized carbons (Fsp3) is 0.0769. The van der Waals surface area contributed by atoms with Gasteiger partial charge in [0.2, 0.25) is 0 Å². The molecule has 0 atom stereocenters. The summed E-state index contributed by atoms with van der Waals surface area (Å²) in [4.78, 5) is 15.3. The first-order valence-corrected chi connectivity index (χ1v) is 5.75. The number of aromatic nitrogens is 1. The highest BCUT2D eigenvalue weighted by atomic mass is 35.5. The minimum atomic E-state index is 0.483. The van der Waals surface area contributed by atoms with E-state index >= 15 is 0 Å². The summed E-state index contributed by atoms with van der Waals surface area (Å²) in [6, 6.07) is 6.95. The van der Waals surface area contributed by atoms with Crippen LogP contribution < -0.4 is 0 Å². The molecule has 1 heterocycles. The predicted octanol–water partition coefficient (Wildman–Crippen LogP) is 4.18. The maximum atomic E-state index is 11.0. The SMILES string of the molecule is Cc1cnc(-c2c(Cl)cccc2Cl)c(C=O)c1. The Hall–Kier alpha value is -1.38. The molecule has 2 rings (SSSR count). The maximum Gasteiger partial charge on any atom is 0.152 e. The number of benzene rings is 1. The fourth-order valence-electron chi connectivity index (χ4n) is 1.61. The standard InChI is InChI=1S/C13H9Cl2NO/c1-8-5-9(7-17)13(16-6-8)12-10(14)3-2-4-11(12)15/h2-7H,1H3. The highest BCUT2D eigenvalue weighted by molar-refractivity contribution is 6.39. The van der Waals surface area contributed by atoms with Gasteiger partial charge in [-0.1, -0.05) is 29.3 Å². The molecule has 0 N–H and O–H groups in total. The van der Waals surface area contributed by atoms with E-state index in [1.807, 2.05) is 6.92 Å². The van der Waals surface area contributed by atoms with Gasteiger partial charge < -0.3 is 0 Å². The molecule has 2 nitrogen and oxygen atoms in total. The summed E-state index contributed by atoms with van der Waals surface area (Å²) >= 11 is 12.2. The molecule has 0 fully saturated rings. The van der Waals surface area contributed by atoms with Gasteiger partial charge in [-0.25, -0.2) is 0 Å². The molecular weight excluding hydrogens is 257 g/mol. The second-order valence-corrected chi connectivity index (χ2v) is 4.48. The molecule has 86 valence electrons. The molecule has 0 bridgehead atoms. The van der Waals surface area contributed by atoms with Gasteiger partial charge in [0.1, 0.15) is 0 Å². The van der Waals surface area contributed by atoms with Gasteiger partial charge in [-0.15, -0.1) is 0 Å². The largest absolute Gasteiger partial charge is 0.298 e. The molecule has 1 aromatic carbocycles. The lowest BCUT2D eigenvalue weighted by Gasteiger charge is -2.08. The number of pyridine rings is 1. The van der Waals surface area contributed by atoms with E-state index in [-0.39, 0.29) is 0 Å². The van der Waals surface area contributed by atoms with Gasteiger partial charge in [0.05, 0.1) is 15.7 Å². The van der Waals surface area contributed by atoms with E-state index in [2.05, 4.69) is 4.98 Å². The van der Waals surface area contributed by atoms with Crippen molar-refractivity contribution in [2.45, 2.75) is 6.92 Å². The Kier molecular flexibility index (Phi) is 3.46. The van der Waals surface area contributed by atoms with Gasteiger partial charge in [0, 0.05) is 17.3 Å². The van der Waals surface area contributed by atoms with Gasteiger partial charge in [0.25, 0.3) is 0 Å². The lowest BCUT2D eigenvalue weighted by molar-refractivity contribution is 0.112. The Morgan fingerprint density at radius 2 is 1.88 bits per heavy atom. The summed E-state index contributed by atoms with van der Waals surface area (Å²) in [5.74, 6) is 0. The Morgan fingerprint density at radius 3 is 2.47 bits per heavy atom. The topological polar surface area (TPSA) is 30.0 Å². The number of carbonyl (C=O) groups is 1. The van der Waals surface area contributed by atoms with Crippen molar-refractivity contribution in [3.05, 3.63) is 51.6 Å². The molecule has 0 amide bonds. The Bertz CT molecular complexity index is 561. The molecule has 17 heavy (non-hydrogen) atoms. The molecule has 0 aliphatic carbocycles. The van der Waals surface area contributed by atoms with Crippen molar-refractivity contribution >= 4 is 29.5 Å². The highest BCUT2D eigenvalue weighted by Gasteiger charge is 2.13. The Balaban J connectivity index is 2.72. The highest BCUT2D eigenvalue weighted by Crippen LogP contribution is 2.34. The van der Waals surface area contributed by atoms with Crippen molar-refractivity contribution in [2.24, 2.45) is 0 Å². The van der Waals surface area contributed by atoms with Gasteiger partial charge >= 0.3 is 0 Å². The van der Waals surface area contributed by atoms with Crippen molar-refractivity contribution < 1.29 is 4.79 Å². The summed E-state index contributed by atoms with van der Waals surface area (Å²) in [5.41, 5.74) is 2.51. The first-order valence-electron chi connectivity index (χ1n) is 4.99. The molecule has 0 aliphatic heterocycles. The van der Waals surface area contributed by atoms with Crippen LogP contribution in [-0.2, 0) is 0 Å². The van der Waals surface area contributed by atoms with Crippen LogP contribution in [0, 0.1) is 6.92 Å². The van der Waals surface area contributed by atoms with E-state index in [9.17, 15) is 4.79 Å². The first-order chi connectivity index (χ1) is 8.13. The number of halogens is 2. The van der Waals surface area contributed by atoms with E-state index in [0.29, 0.717) is 26.9 Å². The van der Waals surface area contributed by atoms with Gasteiger partial charge in [-0.3, -0.25) is 9.78 Å². The first kappa shape index (κ1) is 12.1. The van der Waals surface area contributed by atoms with Crippen LogP contribution in [0.2, 0.25) is 10.0 Å². The van der Waals surface area contributed by atoms with E-state index < -0.39 is 0 Å². The molecule has 0 saturated heterocycles. The van der Waals surface area contributed by atoms with Crippen LogP contribution in [0.3, 0.4) is 0 Å². The van der Waals surface area contributed by atoms with Gasteiger partial charge in [0.15, 0.2) is 6.29 Å². The molecule has 1 aromatic heterocycles. The second-order valence-electron chi connectivity index (χ2n) is 3.67. The lowest BCUT2D eigenvalue weighted by Crippen LogP contribution is -1.94. The Morgan fingerprint density at radius 1 is 1.24 bits per heavy atom. The van der Waals surface area contributed by atoms with Crippen molar-refractivity contribution in [1.82, 2.24) is 4.98 Å². The third kappa shape index (κ3) is 2.33. The van der Waals surface area contributed by atoms with E-state index in [1.165, 1.54) is 0 Å². The monoisotopic (exact) mass is 265 g/mol. The number of aryl methyl sites for hydroxylation is 1. The van der Waals surface area contributed by atoms with Crippen LogP contribution in [0.5, 0.6) is 0 Å². The van der Waals surface area contributed by atoms with Crippen molar-refractivity contribution in [1.29, 1.82) is 0 Å². The zero-order valence-corrected chi connectivity index (χ0v) is 10.6. The second kappa shape index (κ2) is 4.86. The summed E-state index contributed by atoms with van der Waals surface area (Å²) in [6.07, 6.45) is 2.44. The maximum absolute atomic E-state index is 11.0. The summed E-state index contributed by atoms with van der Waals surface area (Å²) < 4.78 is 0. The predicted molar refractivity (Wildman–Crippen MR) is 69.8 cm³/mol. The van der Waals surface area contributed by atoms with Crippen LogP contribution in [0.4, 0.5) is 0 Å². The minimum Gasteiger partial charge on any atom is -0.298 e. The lowest BCUT2D eigenvalue weighted by atomic mass is 10.1. The number of rotatable bonds is 2. The van der Waals surface area contributed by atoms with Crippen molar-refractivity contribution in [3.63, 3.8) is 0 Å². The van der Waals surface area contributed by atoms with E-state index in [4.69, 9.17) is 23.2 Å². The summed E-state index contributed by atoms with van der Waals surface area (Å²) in [6.45, 7) is 1.87.